The fourth-order valence-corrected chi connectivity index (χ4v) is 1.97. The van der Waals surface area contributed by atoms with E-state index in [1.54, 1.807) is 0 Å². The highest BCUT2D eigenvalue weighted by atomic mass is 16.6. The molecular weight excluding hydrogens is 140 g/mol. The summed E-state index contributed by atoms with van der Waals surface area (Å²) in [5.41, 5.74) is 0.0411. The van der Waals surface area contributed by atoms with Gasteiger partial charge in [-0.3, -0.25) is 0 Å². The molecule has 1 fully saturated rings. The Balaban J connectivity index is 2.67. The van der Waals surface area contributed by atoms with Gasteiger partial charge in [-0.15, -0.1) is 0 Å². The minimum absolute atomic E-state index is 0.0411. The van der Waals surface area contributed by atoms with E-state index < -0.39 is 6.29 Å². The van der Waals surface area contributed by atoms with Gasteiger partial charge >= 0.3 is 0 Å². The maximum Gasteiger partial charge on any atom is 0.160 e. The minimum Gasteiger partial charge on any atom is -0.367 e. The average Bonchev–Trinajstić information content (AvgIpc) is 2.27. The summed E-state index contributed by atoms with van der Waals surface area (Å²) in [4.78, 5) is 0. The summed E-state index contributed by atoms with van der Waals surface area (Å²) in [6.45, 7) is 6.26. The molecule has 11 heavy (non-hydrogen) atoms. The first kappa shape index (κ1) is 9.01. The maximum atomic E-state index is 9.59. The predicted molar refractivity (Wildman–Crippen MR) is 44.2 cm³/mol. The quantitative estimate of drug-likeness (QED) is 0.665. The van der Waals surface area contributed by atoms with Gasteiger partial charge in [0.1, 0.15) is 0 Å². The third-order valence-corrected chi connectivity index (χ3v) is 2.99. The van der Waals surface area contributed by atoms with Gasteiger partial charge < -0.3 is 9.84 Å². The average molecular weight is 158 g/mol. The number of ether oxygens (including phenoxy) is 1. The second-order valence-electron chi connectivity index (χ2n) is 3.57. The number of hydrogen-bond acceptors (Lipinski definition) is 2. The lowest BCUT2D eigenvalue weighted by Crippen LogP contribution is -2.29. The van der Waals surface area contributed by atoms with Gasteiger partial charge in [0.05, 0.1) is 6.10 Å². The second-order valence-corrected chi connectivity index (χ2v) is 3.57. The summed E-state index contributed by atoms with van der Waals surface area (Å²) in [6, 6.07) is 0. The molecule has 0 aromatic carbocycles. The number of hydrogen-bond donors (Lipinski definition) is 1. The van der Waals surface area contributed by atoms with Crippen molar-refractivity contribution in [3.8, 4) is 0 Å². The van der Waals surface area contributed by atoms with E-state index in [4.69, 9.17) is 4.74 Å². The molecule has 1 aliphatic rings. The standard InChI is InChI=1S/C9H18O2/c1-4-9(5-2)6-7(3)11-8(9)10/h7-8,10H,4-6H2,1-3H3. The van der Waals surface area contributed by atoms with Crippen LogP contribution in [0.1, 0.15) is 40.0 Å². The third-order valence-electron chi connectivity index (χ3n) is 2.99. The SMILES string of the molecule is CCC1(CC)CC(C)OC1O. The van der Waals surface area contributed by atoms with E-state index in [0.29, 0.717) is 0 Å². The molecule has 0 radical (unpaired) electrons. The maximum absolute atomic E-state index is 9.59. The minimum atomic E-state index is -0.535. The Kier molecular flexibility index (Phi) is 2.55. The first-order chi connectivity index (χ1) is 5.14. The Morgan fingerprint density at radius 2 is 2.00 bits per heavy atom. The molecule has 0 bridgehead atoms. The zero-order valence-electron chi connectivity index (χ0n) is 7.63. The van der Waals surface area contributed by atoms with E-state index in [1.165, 1.54) is 0 Å². The highest BCUT2D eigenvalue weighted by Gasteiger charge is 2.43. The van der Waals surface area contributed by atoms with Gasteiger partial charge in [0.15, 0.2) is 6.29 Å². The van der Waals surface area contributed by atoms with Gasteiger partial charge in [0, 0.05) is 5.41 Å². The van der Waals surface area contributed by atoms with Crippen molar-refractivity contribution in [3.63, 3.8) is 0 Å². The number of aliphatic hydroxyl groups excluding tert-OH is 1. The Hall–Kier alpha value is -0.0800. The molecule has 0 aromatic rings. The normalized spacial score (nSPS) is 36.0. The van der Waals surface area contributed by atoms with E-state index in [2.05, 4.69) is 13.8 Å². The molecule has 0 amide bonds. The topological polar surface area (TPSA) is 29.5 Å². The molecule has 0 spiro atoms. The van der Waals surface area contributed by atoms with Gasteiger partial charge in [0.2, 0.25) is 0 Å². The van der Waals surface area contributed by atoms with Crippen LogP contribution >= 0.6 is 0 Å². The van der Waals surface area contributed by atoms with Crippen LogP contribution in [0.15, 0.2) is 0 Å². The lowest BCUT2D eigenvalue weighted by atomic mass is 9.79. The number of aliphatic hydroxyl groups is 1. The molecule has 0 aromatic heterocycles. The van der Waals surface area contributed by atoms with E-state index in [9.17, 15) is 5.11 Å². The Labute approximate surface area is 68.6 Å². The van der Waals surface area contributed by atoms with Crippen molar-refractivity contribution in [2.24, 2.45) is 5.41 Å². The molecule has 1 heterocycles. The molecule has 66 valence electrons. The molecule has 2 atom stereocenters. The summed E-state index contributed by atoms with van der Waals surface area (Å²) in [7, 11) is 0. The summed E-state index contributed by atoms with van der Waals surface area (Å²) in [5.74, 6) is 0. The zero-order chi connectivity index (χ0) is 8.48. The van der Waals surface area contributed by atoms with Gasteiger partial charge in [0.25, 0.3) is 0 Å². The lowest BCUT2D eigenvalue weighted by Gasteiger charge is -2.27. The molecule has 2 nitrogen and oxygen atoms in total. The lowest BCUT2D eigenvalue weighted by molar-refractivity contribution is -0.134. The van der Waals surface area contributed by atoms with Crippen molar-refractivity contribution in [2.45, 2.75) is 52.4 Å². The third kappa shape index (κ3) is 1.42. The zero-order valence-corrected chi connectivity index (χ0v) is 7.63. The van der Waals surface area contributed by atoms with Crippen LogP contribution in [-0.4, -0.2) is 17.5 Å². The van der Waals surface area contributed by atoms with Crippen LogP contribution in [0.2, 0.25) is 0 Å². The fraction of sp³-hybridized carbons (Fsp3) is 1.00. The summed E-state index contributed by atoms with van der Waals surface area (Å²) >= 11 is 0. The number of rotatable bonds is 2. The Bertz CT molecular complexity index is 130. The van der Waals surface area contributed by atoms with Crippen LogP contribution in [0.4, 0.5) is 0 Å². The van der Waals surface area contributed by atoms with E-state index in [1.807, 2.05) is 6.92 Å². The fourth-order valence-electron chi connectivity index (χ4n) is 1.97. The molecule has 1 aliphatic heterocycles. The highest BCUT2D eigenvalue weighted by molar-refractivity contribution is 4.87. The van der Waals surface area contributed by atoms with Crippen LogP contribution in [0.3, 0.4) is 0 Å². The van der Waals surface area contributed by atoms with Crippen molar-refractivity contribution < 1.29 is 9.84 Å². The molecule has 0 saturated carbocycles. The highest BCUT2D eigenvalue weighted by Crippen LogP contribution is 2.42. The van der Waals surface area contributed by atoms with Gasteiger partial charge in [-0.05, 0) is 26.2 Å². The molecule has 1 saturated heterocycles. The van der Waals surface area contributed by atoms with Gasteiger partial charge in [-0.25, -0.2) is 0 Å². The molecule has 0 aliphatic carbocycles. The first-order valence-electron chi connectivity index (χ1n) is 4.48. The van der Waals surface area contributed by atoms with Crippen LogP contribution in [0.25, 0.3) is 0 Å². The monoisotopic (exact) mass is 158 g/mol. The van der Waals surface area contributed by atoms with Gasteiger partial charge in [-0.1, -0.05) is 13.8 Å². The molecular formula is C9H18O2. The molecule has 2 heteroatoms. The Morgan fingerprint density at radius 3 is 2.18 bits per heavy atom. The summed E-state index contributed by atoms with van der Waals surface area (Å²) in [5, 5.41) is 9.59. The van der Waals surface area contributed by atoms with Crippen molar-refractivity contribution in [3.05, 3.63) is 0 Å². The van der Waals surface area contributed by atoms with Crippen molar-refractivity contribution >= 4 is 0 Å². The largest absolute Gasteiger partial charge is 0.367 e. The predicted octanol–water partition coefficient (Wildman–Crippen LogP) is 1.92. The molecule has 1 rings (SSSR count). The molecule has 2 unspecified atom stereocenters. The Morgan fingerprint density at radius 1 is 1.45 bits per heavy atom. The van der Waals surface area contributed by atoms with Crippen LogP contribution in [0.5, 0.6) is 0 Å². The second kappa shape index (κ2) is 3.11. The van der Waals surface area contributed by atoms with Gasteiger partial charge in [-0.2, -0.15) is 0 Å². The van der Waals surface area contributed by atoms with Crippen LogP contribution in [-0.2, 0) is 4.74 Å². The van der Waals surface area contributed by atoms with E-state index in [0.717, 1.165) is 19.3 Å². The summed E-state index contributed by atoms with van der Waals surface area (Å²) in [6.07, 6.45) is 2.71. The van der Waals surface area contributed by atoms with Crippen molar-refractivity contribution in [2.75, 3.05) is 0 Å². The van der Waals surface area contributed by atoms with E-state index >= 15 is 0 Å². The first-order valence-corrected chi connectivity index (χ1v) is 4.48. The van der Waals surface area contributed by atoms with Crippen LogP contribution < -0.4 is 0 Å². The van der Waals surface area contributed by atoms with E-state index in [-0.39, 0.29) is 11.5 Å². The summed E-state index contributed by atoms with van der Waals surface area (Å²) < 4.78 is 5.31. The van der Waals surface area contributed by atoms with Crippen LogP contribution in [0, 0.1) is 5.41 Å². The molecule has 1 N–H and O–H groups in total. The van der Waals surface area contributed by atoms with Crippen molar-refractivity contribution in [1.29, 1.82) is 0 Å². The van der Waals surface area contributed by atoms with Crippen molar-refractivity contribution in [1.82, 2.24) is 0 Å². The smallest absolute Gasteiger partial charge is 0.160 e.